The molecule has 0 atom stereocenters. The summed E-state index contributed by atoms with van der Waals surface area (Å²) in [5, 5.41) is 47.2. The van der Waals surface area contributed by atoms with Gasteiger partial charge in [0.05, 0.1) is 76.3 Å². The van der Waals surface area contributed by atoms with Crippen LogP contribution in [-0.4, -0.2) is 18.3 Å². The predicted molar refractivity (Wildman–Crippen MR) is 448 cm³/mol. The van der Waals surface area contributed by atoms with Crippen molar-refractivity contribution in [2.75, 3.05) is 0 Å². The van der Waals surface area contributed by atoms with E-state index in [1.54, 1.807) is 22.7 Å². The van der Waals surface area contributed by atoms with Crippen LogP contribution in [0.1, 0.15) is 11.1 Å². The normalized spacial score (nSPS) is 12.1. The van der Waals surface area contributed by atoms with Gasteiger partial charge in [0.1, 0.15) is 23.3 Å². The second-order valence-corrected chi connectivity index (χ2v) is 30.0. The second-order valence-electron chi connectivity index (χ2n) is 27.8. The molecule has 0 fully saturated rings. The third-order valence-electron chi connectivity index (χ3n) is 22.6. The summed E-state index contributed by atoms with van der Waals surface area (Å²) in [5.74, 6) is 0. The Bertz CT molecular complexity index is 7830. The largest absolute Gasteiger partial charge is 0.306 e. The van der Waals surface area contributed by atoms with Crippen LogP contribution >= 0.6 is 22.7 Å². The number of benzene rings is 17. The van der Waals surface area contributed by atoms with E-state index >= 15 is 0 Å². The molecular weight excluding hydrogens is 1330 g/mol. The van der Waals surface area contributed by atoms with Crippen molar-refractivity contribution in [2.24, 2.45) is 0 Å². The van der Waals surface area contributed by atoms with Crippen LogP contribution in [0.5, 0.6) is 0 Å². The van der Waals surface area contributed by atoms with Crippen molar-refractivity contribution < 1.29 is 0 Å². The summed E-state index contributed by atoms with van der Waals surface area (Å²) in [6.07, 6.45) is 0. The fourth-order valence-corrected chi connectivity index (χ4v) is 20.8. The molecule has 8 heteroatoms. The standard InChI is InChI=1S/C98H54N6S2/c99-55-80-92(102-84-42-17-11-34-69(84)70-35-12-18-43-85(70)102)94(104-87-54-59(79-53-58-24-2-4-27-61(58)62-28-5-8-31-66(62)79)47-48-71(87)75-49-50-76-72-36-13-19-45-88(72)105-97(76)95(75)104)81(56-100)91(101-82-40-15-9-32-67(82)68-33-10-16-41-83(68)101)93(80)103-86-44-22-39-74(65-30-7-6-29-64(65)63-38-21-25-57-23-1-3-26-60(57)63)90(86)78-52-51-77-73-37-14-20-46-89(73)106-98(77)96(78)103/h1-54H. The molecule has 0 aliphatic rings. The number of para-hydroxylation sites is 4. The van der Waals surface area contributed by atoms with Crippen molar-refractivity contribution in [1.29, 1.82) is 10.5 Å². The van der Waals surface area contributed by atoms with Crippen LogP contribution in [0.15, 0.2) is 328 Å². The first-order chi connectivity index (χ1) is 52.6. The van der Waals surface area contributed by atoms with E-state index in [2.05, 4.69) is 358 Å². The van der Waals surface area contributed by atoms with Crippen LogP contribution in [0.3, 0.4) is 0 Å². The SMILES string of the molecule is N#Cc1c(-n2c3ccccc3c3ccccc32)c(-n2c3cccc(-c4ccccc4-c4cccc5ccccc45)c3c3ccc4c5ccccc5sc4c32)c(C#N)c(-n2c3ccccc3c3ccccc32)c1-n1c2cc(-c3cc4ccccc4c4ccccc34)ccc2c2ccc3c4ccccc4sc3c21. The fraction of sp³-hybridized carbons (Fsp3) is 0. The van der Waals surface area contributed by atoms with E-state index in [9.17, 15) is 10.5 Å². The van der Waals surface area contributed by atoms with Crippen molar-refractivity contribution in [2.45, 2.75) is 0 Å². The summed E-state index contributed by atoms with van der Waals surface area (Å²) in [7, 11) is 0. The Hall–Kier alpha value is -13.9. The van der Waals surface area contributed by atoms with E-state index in [4.69, 9.17) is 0 Å². The zero-order valence-electron chi connectivity index (χ0n) is 56.7. The fourth-order valence-electron chi connectivity index (χ4n) is 18.3. The summed E-state index contributed by atoms with van der Waals surface area (Å²) in [6, 6.07) is 125. The Morgan fingerprint density at radius 1 is 0.226 bits per heavy atom. The van der Waals surface area contributed by atoms with Crippen LogP contribution < -0.4 is 0 Å². The lowest BCUT2D eigenvalue weighted by atomic mass is 9.89. The first-order valence-electron chi connectivity index (χ1n) is 35.8. The summed E-state index contributed by atoms with van der Waals surface area (Å²) < 4.78 is 14.0. The maximum atomic E-state index is 13.7. The number of aromatic nitrogens is 4. The van der Waals surface area contributed by atoms with Gasteiger partial charge in [-0.25, -0.2) is 0 Å². The summed E-state index contributed by atoms with van der Waals surface area (Å²) in [6.45, 7) is 0. The van der Waals surface area contributed by atoms with Gasteiger partial charge < -0.3 is 18.3 Å². The number of fused-ring (bicyclic) bond motifs is 24. The Balaban J connectivity index is 0.979. The predicted octanol–water partition coefficient (Wildman–Crippen LogP) is 27.0. The number of nitriles is 2. The van der Waals surface area contributed by atoms with Crippen LogP contribution in [0, 0.1) is 22.7 Å². The molecule has 0 aliphatic heterocycles. The first kappa shape index (κ1) is 58.7. The highest BCUT2D eigenvalue weighted by Gasteiger charge is 2.36. The highest BCUT2D eigenvalue weighted by molar-refractivity contribution is 7.27. The highest BCUT2D eigenvalue weighted by atomic mass is 32.1. The van der Waals surface area contributed by atoms with Crippen molar-refractivity contribution in [3.8, 4) is 68.3 Å². The molecule has 6 nitrogen and oxygen atoms in total. The van der Waals surface area contributed by atoms with Crippen LogP contribution in [0.25, 0.3) is 216 Å². The molecule has 0 unspecified atom stereocenters. The number of thiophene rings is 2. The molecule has 0 amide bonds. The van der Waals surface area contributed by atoms with Crippen LogP contribution in [0.4, 0.5) is 0 Å². The monoisotopic (exact) mass is 1380 g/mol. The van der Waals surface area contributed by atoms with E-state index in [0.717, 1.165) is 172 Å². The minimum absolute atomic E-state index is 0.394. The molecule has 0 saturated heterocycles. The van der Waals surface area contributed by atoms with Gasteiger partial charge in [0.25, 0.3) is 0 Å². The maximum absolute atomic E-state index is 13.7. The summed E-state index contributed by atoms with van der Waals surface area (Å²) >= 11 is 3.56. The van der Waals surface area contributed by atoms with Crippen molar-refractivity contribution in [1.82, 2.24) is 18.3 Å². The van der Waals surface area contributed by atoms with Gasteiger partial charge in [-0.15, -0.1) is 22.7 Å². The van der Waals surface area contributed by atoms with Crippen molar-refractivity contribution in [3.63, 3.8) is 0 Å². The molecule has 488 valence electrons. The van der Waals surface area contributed by atoms with Gasteiger partial charge in [-0.1, -0.05) is 273 Å². The maximum Gasteiger partial charge on any atom is 0.104 e. The molecule has 23 rings (SSSR count). The van der Waals surface area contributed by atoms with E-state index < -0.39 is 0 Å². The zero-order valence-corrected chi connectivity index (χ0v) is 58.3. The molecule has 17 aromatic carbocycles. The Morgan fingerprint density at radius 3 is 1.19 bits per heavy atom. The lowest BCUT2D eigenvalue weighted by molar-refractivity contribution is 1.03. The van der Waals surface area contributed by atoms with E-state index in [0.29, 0.717) is 33.9 Å². The van der Waals surface area contributed by atoms with Gasteiger partial charge >= 0.3 is 0 Å². The number of hydrogen-bond acceptors (Lipinski definition) is 4. The van der Waals surface area contributed by atoms with Gasteiger partial charge in [-0.05, 0) is 120 Å². The smallest absolute Gasteiger partial charge is 0.104 e. The molecule has 106 heavy (non-hydrogen) atoms. The van der Waals surface area contributed by atoms with Crippen molar-refractivity contribution in [3.05, 3.63) is 339 Å². The average Bonchev–Trinajstić information content (AvgIpc) is 1.49. The molecule has 6 heterocycles. The third-order valence-corrected chi connectivity index (χ3v) is 25.0. The molecule has 0 saturated carbocycles. The molecule has 0 spiro atoms. The topological polar surface area (TPSA) is 67.3 Å². The minimum Gasteiger partial charge on any atom is -0.306 e. The Kier molecular flexibility index (Phi) is 12.4. The number of hydrogen-bond donors (Lipinski definition) is 0. The third kappa shape index (κ3) is 8.00. The van der Waals surface area contributed by atoms with Crippen LogP contribution in [-0.2, 0) is 0 Å². The first-order valence-corrected chi connectivity index (χ1v) is 37.5. The zero-order chi connectivity index (χ0) is 69.6. The van der Waals surface area contributed by atoms with Crippen LogP contribution in [0.2, 0.25) is 0 Å². The lowest BCUT2D eigenvalue weighted by Gasteiger charge is -2.27. The molecule has 23 aromatic rings. The molecule has 0 aliphatic carbocycles. The quantitative estimate of drug-likeness (QED) is 0.149. The molecule has 6 aromatic heterocycles. The molecule has 0 N–H and O–H groups in total. The second kappa shape index (κ2) is 22.3. The summed E-state index contributed by atoms with van der Waals surface area (Å²) in [5.41, 5.74) is 17.0. The Labute approximate surface area is 614 Å². The highest BCUT2D eigenvalue weighted by Crippen LogP contribution is 2.54. The molecule has 0 radical (unpaired) electrons. The van der Waals surface area contributed by atoms with Gasteiger partial charge in [0.15, 0.2) is 0 Å². The Morgan fingerprint density at radius 2 is 0.604 bits per heavy atom. The van der Waals surface area contributed by atoms with Crippen molar-refractivity contribution >= 4 is 183 Å². The molecule has 0 bridgehead atoms. The number of rotatable bonds is 7. The minimum atomic E-state index is 0.394. The van der Waals surface area contributed by atoms with E-state index in [-0.39, 0.29) is 0 Å². The van der Waals surface area contributed by atoms with Gasteiger partial charge in [0, 0.05) is 74.0 Å². The van der Waals surface area contributed by atoms with Gasteiger partial charge in [-0.3, -0.25) is 0 Å². The van der Waals surface area contributed by atoms with E-state index in [1.165, 1.54) is 21.5 Å². The summed E-state index contributed by atoms with van der Waals surface area (Å²) in [4.78, 5) is 0. The lowest BCUT2D eigenvalue weighted by Crippen LogP contribution is -2.16. The molecular formula is C98H54N6S2. The number of nitrogens with zero attached hydrogens (tertiary/aromatic N) is 6. The average molecular weight is 1380 g/mol. The van der Waals surface area contributed by atoms with Gasteiger partial charge in [0.2, 0.25) is 0 Å². The van der Waals surface area contributed by atoms with Gasteiger partial charge in [-0.2, -0.15) is 10.5 Å². The van der Waals surface area contributed by atoms with E-state index in [1.807, 2.05) is 0 Å².